The van der Waals surface area contributed by atoms with Crippen molar-refractivity contribution in [3.8, 4) is 11.8 Å². The van der Waals surface area contributed by atoms with Gasteiger partial charge in [-0.3, -0.25) is 4.79 Å². The number of pyridine rings is 1. The summed E-state index contributed by atoms with van der Waals surface area (Å²) in [5.74, 6) is 4.97. The Morgan fingerprint density at radius 2 is 2.56 bits per heavy atom. The maximum absolute atomic E-state index is 12.0. The number of aliphatic hydroxyl groups excluding tert-OH is 1. The van der Waals surface area contributed by atoms with Crippen molar-refractivity contribution in [2.24, 2.45) is 0 Å². The van der Waals surface area contributed by atoms with Gasteiger partial charge in [0.05, 0.1) is 18.2 Å². The van der Waals surface area contributed by atoms with Crippen LogP contribution in [0.4, 0.5) is 0 Å². The van der Waals surface area contributed by atoms with Gasteiger partial charge in [0.15, 0.2) is 0 Å². The van der Waals surface area contributed by atoms with E-state index in [0.29, 0.717) is 18.8 Å². The van der Waals surface area contributed by atoms with Gasteiger partial charge in [0.1, 0.15) is 12.3 Å². The lowest BCUT2D eigenvalue weighted by Gasteiger charge is -2.10. The fourth-order valence-corrected chi connectivity index (χ4v) is 1.72. The van der Waals surface area contributed by atoms with E-state index in [1.807, 2.05) is 0 Å². The normalized spacial score (nSPS) is 17.9. The van der Waals surface area contributed by atoms with E-state index in [1.165, 1.54) is 0 Å². The van der Waals surface area contributed by atoms with Crippen molar-refractivity contribution >= 4 is 5.91 Å². The van der Waals surface area contributed by atoms with Crippen molar-refractivity contribution in [3.63, 3.8) is 0 Å². The molecule has 0 aromatic carbocycles. The smallest absolute Gasteiger partial charge is 0.271 e. The van der Waals surface area contributed by atoms with Gasteiger partial charge in [-0.25, -0.2) is 4.98 Å². The molecule has 1 aliphatic heterocycles. The van der Waals surface area contributed by atoms with E-state index in [2.05, 4.69) is 22.1 Å². The molecule has 1 aromatic rings. The second-order valence-electron chi connectivity index (χ2n) is 3.89. The number of aromatic nitrogens is 1. The molecule has 2 rings (SSSR count). The molecular weight excluding hydrogens is 232 g/mol. The highest BCUT2D eigenvalue weighted by Crippen LogP contribution is 2.07. The molecule has 2 heterocycles. The van der Waals surface area contributed by atoms with Gasteiger partial charge < -0.3 is 15.2 Å². The molecule has 1 fully saturated rings. The molecule has 5 heteroatoms. The zero-order valence-electron chi connectivity index (χ0n) is 9.85. The van der Waals surface area contributed by atoms with Crippen molar-refractivity contribution in [1.29, 1.82) is 0 Å². The van der Waals surface area contributed by atoms with E-state index < -0.39 is 0 Å². The van der Waals surface area contributed by atoms with Crippen LogP contribution in [0.2, 0.25) is 0 Å². The molecule has 1 saturated heterocycles. The largest absolute Gasteiger partial charge is 0.384 e. The molecule has 1 unspecified atom stereocenters. The maximum atomic E-state index is 12.0. The van der Waals surface area contributed by atoms with Gasteiger partial charge in [-0.15, -0.1) is 0 Å². The summed E-state index contributed by atoms with van der Waals surface area (Å²) in [6.45, 7) is 0.965. The summed E-state index contributed by atoms with van der Waals surface area (Å²) in [6, 6.07) is 3.45. The molecule has 1 amide bonds. The fraction of sp³-hybridized carbons (Fsp3) is 0.385. The highest BCUT2D eigenvalue weighted by molar-refractivity contribution is 5.94. The molecule has 94 valence electrons. The summed E-state index contributed by atoms with van der Waals surface area (Å²) in [7, 11) is 0. The molecule has 18 heavy (non-hydrogen) atoms. The van der Waals surface area contributed by atoms with E-state index >= 15 is 0 Å². The summed E-state index contributed by atoms with van der Waals surface area (Å²) >= 11 is 0. The minimum Gasteiger partial charge on any atom is -0.384 e. The lowest BCUT2D eigenvalue weighted by molar-refractivity contribution is 0.0924. The molecule has 1 aromatic heterocycles. The van der Waals surface area contributed by atoms with E-state index in [9.17, 15) is 4.79 Å². The van der Waals surface area contributed by atoms with Gasteiger partial charge in [-0.05, 0) is 18.6 Å². The number of hydrogen-bond donors (Lipinski definition) is 2. The molecule has 0 spiro atoms. The number of rotatable bonds is 2. The van der Waals surface area contributed by atoms with Gasteiger partial charge in [-0.1, -0.05) is 11.8 Å². The van der Waals surface area contributed by atoms with Crippen LogP contribution in [0, 0.1) is 11.8 Å². The van der Waals surface area contributed by atoms with Gasteiger partial charge in [0, 0.05) is 12.8 Å². The number of nitrogens with one attached hydrogen (secondary N) is 1. The molecule has 5 nitrogen and oxygen atoms in total. The second kappa shape index (κ2) is 6.15. The Balaban J connectivity index is 2.13. The summed E-state index contributed by atoms with van der Waals surface area (Å²) in [4.78, 5) is 16.1. The van der Waals surface area contributed by atoms with Crippen LogP contribution in [0.5, 0.6) is 0 Å². The van der Waals surface area contributed by atoms with Gasteiger partial charge in [-0.2, -0.15) is 0 Å². The number of amides is 1. The van der Waals surface area contributed by atoms with E-state index in [-0.39, 0.29) is 24.2 Å². The van der Waals surface area contributed by atoms with Crippen molar-refractivity contribution in [2.45, 2.75) is 12.5 Å². The first-order valence-corrected chi connectivity index (χ1v) is 5.74. The van der Waals surface area contributed by atoms with Crippen LogP contribution in [-0.4, -0.2) is 41.9 Å². The lowest BCUT2D eigenvalue weighted by atomic mass is 10.1. The Labute approximate surface area is 105 Å². The zero-order chi connectivity index (χ0) is 12.8. The maximum Gasteiger partial charge on any atom is 0.271 e. The van der Waals surface area contributed by atoms with E-state index in [4.69, 9.17) is 9.84 Å². The third-order valence-corrected chi connectivity index (χ3v) is 2.59. The zero-order valence-corrected chi connectivity index (χ0v) is 9.85. The summed E-state index contributed by atoms with van der Waals surface area (Å²) < 4.78 is 5.19. The minimum atomic E-state index is -0.256. The molecule has 1 aliphatic rings. The number of carbonyl (C=O) groups excluding carboxylic acids is 1. The summed E-state index contributed by atoms with van der Waals surface area (Å²) in [5, 5.41) is 11.5. The van der Waals surface area contributed by atoms with Crippen molar-refractivity contribution < 1.29 is 14.6 Å². The van der Waals surface area contributed by atoms with E-state index in [1.54, 1.807) is 18.3 Å². The van der Waals surface area contributed by atoms with Gasteiger partial charge in [0.2, 0.25) is 0 Å². The Bertz CT molecular complexity index is 484. The van der Waals surface area contributed by atoms with Crippen molar-refractivity contribution in [1.82, 2.24) is 10.3 Å². The quantitative estimate of drug-likeness (QED) is 0.717. The average molecular weight is 246 g/mol. The van der Waals surface area contributed by atoms with E-state index in [0.717, 1.165) is 6.42 Å². The number of aliphatic hydroxyl groups is 1. The first-order valence-electron chi connectivity index (χ1n) is 5.74. The van der Waals surface area contributed by atoms with Gasteiger partial charge in [0.25, 0.3) is 5.91 Å². The second-order valence-corrected chi connectivity index (χ2v) is 3.89. The first-order chi connectivity index (χ1) is 8.81. The standard InChI is InChI=1S/C13H14N2O3/c16-7-2-4-10-3-1-6-14-12(10)13(17)15-11-5-8-18-9-11/h1,3,6,11,16H,5,7-9H2,(H,15,17). The summed E-state index contributed by atoms with van der Waals surface area (Å²) in [5.41, 5.74) is 0.799. The number of ether oxygens (including phenoxy) is 1. The lowest BCUT2D eigenvalue weighted by Crippen LogP contribution is -2.35. The third-order valence-electron chi connectivity index (χ3n) is 2.59. The molecule has 0 radical (unpaired) electrons. The van der Waals surface area contributed by atoms with Crippen LogP contribution in [0.3, 0.4) is 0 Å². The number of nitrogens with zero attached hydrogens (tertiary/aromatic N) is 1. The summed E-state index contributed by atoms with van der Waals surface area (Å²) in [6.07, 6.45) is 2.36. The molecular formula is C13H14N2O3. The predicted octanol–water partition coefficient (Wildman–Crippen LogP) is -0.0559. The Kier molecular flexibility index (Phi) is 4.29. The molecule has 2 N–H and O–H groups in total. The molecule has 0 bridgehead atoms. The van der Waals surface area contributed by atoms with Crippen molar-refractivity contribution in [3.05, 3.63) is 29.6 Å². The van der Waals surface area contributed by atoms with Crippen LogP contribution >= 0.6 is 0 Å². The average Bonchev–Trinajstić information content (AvgIpc) is 2.89. The Morgan fingerprint density at radius 1 is 1.67 bits per heavy atom. The monoisotopic (exact) mass is 246 g/mol. The molecule has 1 atom stereocenters. The SMILES string of the molecule is O=C(NC1CCOC1)c1ncccc1C#CCO. The highest BCUT2D eigenvalue weighted by Gasteiger charge is 2.20. The van der Waals surface area contributed by atoms with Crippen LogP contribution in [0.15, 0.2) is 18.3 Å². The minimum absolute atomic E-state index is 0.0400. The van der Waals surface area contributed by atoms with Gasteiger partial charge >= 0.3 is 0 Å². The highest BCUT2D eigenvalue weighted by atomic mass is 16.5. The van der Waals surface area contributed by atoms with Crippen molar-refractivity contribution in [2.75, 3.05) is 19.8 Å². The topological polar surface area (TPSA) is 71.5 Å². The number of carbonyl (C=O) groups is 1. The van der Waals surface area contributed by atoms with Crippen LogP contribution in [0.1, 0.15) is 22.5 Å². The molecule has 0 saturated carbocycles. The van der Waals surface area contributed by atoms with Crippen LogP contribution in [-0.2, 0) is 4.74 Å². The Hall–Kier alpha value is -1.90. The van der Waals surface area contributed by atoms with Crippen LogP contribution in [0.25, 0.3) is 0 Å². The molecule has 0 aliphatic carbocycles. The Morgan fingerprint density at radius 3 is 3.28 bits per heavy atom. The number of hydrogen-bond acceptors (Lipinski definition) is 4. The van der Waals surface area contributed by atoms with Crippen LogP contribution < -0.4 is 5.32 Å². The third kappa shape index (κ3) is 3.06. The predicted molar refractivity (Wildman–Crippen MR) is 64.9 cm³/mol. The fourth-order valence-electron chi connectivity index (χ4n) is 1.72. The first kappa shape index (κ1) is 12.6.